The topological polar surface area (TPSA) is 85.1 Å². The van der Waals surface area contributed by atoms with Crippen LogP contribution >= 0.6 is 22.9 Å². The molecule has 0 saturated carbocycles. The number of benzene rings is 1. The quantitative estimate of drug-likeness (QED) is 0.760. The summed E-state index contributed by atoms with van der Waals surface area (Å²) in [4.78, 5) is 0. The first kappa shape index (κ1) is 15.2. The SMILES string of the molecule is O=S(=O)(NCc1nnc(-c2ccccc2Cl)o1)c1cccs1. The minimum atomic E-state index is -3.56. The third kappa shape index (κ3) is 3.20. The molecule has 2 heterocycles. The Morgan fingerprint density at radius 3 is 2.73 bits per heavy atom. The largest absolute Gasteiger partial charge is 0.419 e. The second-order valence-corrected chi connectivity index (χ2v) is 7.59. The van der Waals surface area contributed by atoms with Crippen LogP contribution in [0.1, 0.15) is 5.89 Å². The van der Waals surface area contributed by atoms with Crippen LogP contribution in [0.2, 0.25) is 5.02 Å². The first-order chi connectivity index (χ1) is 10.6. The molecule has 0 aliphatic heterocycles. The normalized spacial score (nSPS) is 11.7. The summed E-state index contributed by atoms with van der Waals surface area (Å²) in [7, 11) is -3.56. The first-order valence-corrected chi connectivity index (χ1v) is 8.91. The van der Waals surface area contributed by atoms with Gasteiger partial charge < -0.3 is 4.42 Å². The van der Waals surface area contributed by atoms with Gasteiger partial charge in [-0.15, -0.1) is 21.5 Å². The number of rotatable bonds is 5. The Morgan fingerprint density at radius 2 is 2.00 bits per heavy atom. The molecule has 22 heavy (non-hydrogen) atoms. The lowest BCUT2D eigenvalue weighted by Gasteiger charge is -2.01. The van der Waals surface area contributed by atoms with Gasteiger partial charge in [0.25, 0.3) is 10.0 Å². The number of nitrogens with one attached hydrogen (secondary N) is 1. The van der Waals surface area contributed by atoms with E-state index < -0.39 is 10.0 Å². The lowest BCUT2D eigenvalue weighted by Crippen LogP contribution is -2.22. The van der Waals surface area contributed by atoms with E-state index in [0.717, 1.165) is 11.3 Å². The number of aromatic nitrogens is 2. The maximum atomic E-state index is 12.0. The zero-order valence-electron chi connectivity index (χ0n) is 11.1. The number of hydrogen-bond acceptors (Lipinski definition) is 6. The molecule has 0 fully saturated rings. The number of thiophene rings is 1. The van der Waals surface area contributed by atoms with E-state index >= 15 is 0 Å². The van der Waals surface area contributed by atoms with E-state index in [2.05, 4.69) is 14.9 Å². The van der Waals surface area contributed by atoms with Crippen molar-refractivity contribution in [2.45, 2.75) is 10.8 Å². The van der Waals surface area contributed by atoms with Crippen LogP contribution in [0.25, 0.3) is 11.5 Å². The summed E-state index contributed by atoms with van der Waals surface area (Å²) in [6.07, 6.45) is 0. The first-order valence-electron chi connectivity index (χ1n) is 6.17. The van der Waals surface area contributed by atoms with Crippen LogP contribution in [0.4, 0.5) is 0 Å². The molecule has 0 spiro atoms. The number of hydrogen-bond donors (Lipinski definition) is 1. The van der Waals surface area contributed by atoms with Crippen LogP contribution in [-0.2, 0) is 16.6 Å². The molecular formula is C13H10ClN3O3S2. The van der Waals surface area contributed by atoms with Gasteiger partial charge in [0.1, 0.15) is 4.21 Å². The van der Waals surface area contributed by atoms with Gasteiger partial charge in [0.15, 0.2) is 0 Å². The molecule has 0 bridgehead atoms. The van der Waals surface area contributed by atoms with Crippen LogP contribution in [0, 0.1) is 0 Å². The lowest BCUT2D eigenvalue weighted by atomic mass is 10.2. The summed E-state index contributed by atoms with van der Waals surface area (Å²) in [5, 5.41) is 9.87. The van der Waals surface area contributed by atoms with Crippen molar-refractivity contribution in [3.8, 4) is 11.5 Å². The predicted molar refractivity (Wildman–Crippen MR) is 83.1 cm³/mol. The van der Waals surface area contributed by atoms with Crippen molar-refractivity contribution < 1.29 is 12.8 Å². The summed E-state index contributed by atoms with van der Waals surface area (Å²) < 4.78 is 32.0. The van der Waals surface area contributed by atoms with Gasteiger partial charge >= 0.3 is 0 Å². The second kappa shape index (κ2) is 6.17. The standard InChI is InChI=1S/C13H10ClN3O3S2/c14-10-5-2-1-4-9(10)13-17-16-11(20-13)8-15-22(18,19)12-6-3-7-21-12/h1-7,15H,8H2. The number of sulfonamides is 1. The van der Waals surface area contributed by atoms with E-state index in [0.29, 0.717) is 10.6 Å². The number of nitrogens with zero attached hydrogens (tertiary/aromatic N) is 2. The highest BCUT2D eigenvalue weighted by atomic mass is 35.5. The summed E-state index contributed by atoms with van der Waals surface area (Å²) in [6, 6.07) is 10.2. The zero-order valence-corrected chi connectivity index (χ0v) is 13.5. The molecular weight excluding hydrogens is 346 g/mol. The van der Waals surface area contributed by atoms with Gasteiger partial charge in [-0.3, -0.25) is 0 Å². The van der Waals surface area contributed by atoms with Gasteiger partial charge in [-0.05, 0) is 23.6 Å². The molecule has 0 amide bonds. The van der Waals surface area contributed by atoms with Gasteiger partial charge in [0.05, 0.1) is 17.1 Å². The molecule has 114 valence electrons. The van der Waals surface area contributed by atoms with Crippen LogP contribution in [-0.4, -0.2) is 18.6 Å². The lowest BCUT2D eigenvalue weighted by molar-refractivity contribution is 0.494. The summed E-state index contributed by atoms with van der Waals surface area (Å²) >= 11 is 7.18. The highest BCUT2D eigenvalue weighted by Gasteiger charge is 2.17. The van der Waals surface area contributed by atoms with E-state index in [1.54, 1.807) is 35.7 Å². The monoisotopic (exact) mass is 355 g/mol. The van der Waals surface area contributed by atoms with Gasteiger partial charge in [-0.25, -0.2) is 13.1 Å². The summed E-state index contributed by atoms with van der Waals surface area (Å²) in [5.41, 5.74) is 0.601. The van der Waals surface area contributed by atoms with E-state index in [-0.39, 0.29) is 22.5 Å². The molecule has 3 aromatic rings. The van der Waals surface area contributed by atoms with Gasteiger partial charge in [-0.2, -0.15) is 0 Å². The maximum Gasteiger partial charge on any atom is 0.250 e. The Morgan fingerprint density at radius 1 is 1.18 bits per heavy atom. The van der Waals surface area contributed by atoms with Crippen molar-refractivity contribution in [3.63, 3.8) is 0 Å². The van der Waals surface area contributed by atoms with E-state index in [1.165, 1.54) is 6.07 Å². The molecule has 1 N–H and O–H groups in total. The molecule has 0 saturated heterocycles. The van der Waals surface area contributed by atoms with Crippen molar-refractivity contribution in [2.75, 3.05) is 0 Å². The summed E-state index contributed by atoms with van der Waals surface area (Å²) in [6.45, 7) is -0.0856. The maximum absolute atomic E-state index is 12.0. The van der Waals surface area contributed by atoms with Gasteiger partial charge in [0.2, 0.25) is 11.8 Å². The Hall–Kier alpha value is -1.74. The minimum absolute atomic E-state index is 0.0856. The van der Waals surface area contributed by atoms with E-state index in [9.17, 15) is 8.42 Å². The molecule has 1 aromatic carbocycles. The Balaban J connectivity index is 1.74. The average Bonchev–Trinajstić information content (AvgIpc) is 3.18. The average molecular weight is 356 g/mol. The van der Waals surface area contributed by atoms with Crippen molar-refractivity contribution >= 4 is 33.0 Å². The van der Waals surface area contributed by atoms with E-state index in [4.69, 9.17) is 16.0 Å². The van der Waals surface area contributed by atoms with Crippen LogP contribution in [0.3, 0.4) is 0 Å². The van der Waals surface area contributed by atoms with Gasteiger partial charge in [0, 0.05) is 0 Å². The second-order valence-electron chi connectivity index (χ2n) is 4.24. The molecule has 0 aliphatic rings. The van der Waals surface area contributed by atoms with E-state index in [1.807, 2.05) is 0 Å². The predicted octanol–water partition coefficient (Wildman–Crippen LogP) is 2.93. The van der Waals surface area contributed by atoms with Crippen molar-refractivity contribution in [1.29, 1.82) is 0 Å². The smallest absolute Gasteiger partial charge is 0.250 e. The highest BCUT2D eigenvalue weighted by molar-refractivity contribution is 7.91. The Labute approximate surface area is 135 Å². The van der Waals surface area contributed by atoms with Crippen molar-refractivity contribution in [3.05, 3.63) is 52.7 Å². The molecule has 0 atom stereocenters. The molecule has 3 rings (SSSR count). The Bertz CT molecular complexity index is 876. The van der Waals surface area contributed by atoms with Gasteiger partial charge in [-0.1, -0.05) is 29.8 Å². The van der Waals surface area contributed by atoms with Crippen molar-refractivity contribution in [2.24, 2.45) is 0 Å². The molecule has 9 heteroatoms. The fraction of sp³-hybridized carbons (Fsp3) is 0.0769. The number of halogens is 1. The minimum Gasteiger partial charge on any atom is -0.419 e. The van der Waals surface area contributed by atoms with Crippen LogP contribution in [0.5, 0.6) is 0 Å². The molecule has 0 radical (unpaired) electrons. The fourth-order valence-electron chi connectivity index (χ4n) is 1.71. The summed E-state index contributed by atoms with van der Waals surface area (Å²) in [5.74, 6) is 0.408. The molecule has 2 aromatic heterocycles. The van der Waals surface area contributed by atoms with Crippen LogP contribution in [0.15, 0.2) is 50.4 Å². The molecule has 0 aliphatic carbocycles. The Kier molecular flexibility index (Phi) is 4.25. The van der Waals surface area contributed by atoms with Crippen molar-refractivity contribution in [1.82, 2.24) is 14.9 Å². The third-order valence-corrected chi connectivity index (χ3v) is 5.87. The zero-order chi connectivity index (χ0) is 15.6. The molecule has 6 nitrogen and oxygen atoms in total. The van der Waals surface area contributed by atoms with Crippen LogP contribution < -0.4 is 4.72 Å². The molecule has 0 unspecified atom stereocenters. The third-order valence-electron chi connectivity index (χ3n) is 2.74. The fourth-order valence-corrected chi connectivity index (χ4v) is 3.94. The highest BCUT2D eigenvalue weighted by Crippen LogP contribution is 2.26.